The van der Waals surface area contributed by atoms with Gasteiger partial charge in [0.1, 0.15) is 6.54 Å². The van der Waals surface area contributed by atoms with Crippen LogP contribution in [0.3, 0.4) is 0 Å². The molecule has 0 aromatic heterocycles. The molecule has 1 aromatic carbocycles. The Balaban J connectivity index is 1.68. The zero-order chi connectivity index (χ0) is 14.8. The lowest BCUT2D eigenvalue weighted by atomic mass is 9.95. The van der Waals surface area contributed by atoms with E-state index in [4.69, 9.17) is 0 Å². The Hall–Kier alpha value is -2.17. The first kappa shape index (κ1) is 13.8. The van der Waals surface area contributed by atoms with Gasteiger partial charge in [0.05, 0.1) is 11.3 Å². The second-order valence-electron chi connectivity index (χ2n) is 5.64. The molecule has 1 saturated carbocycles. The third kappa shape index (κ3) is 2.68. The van der Waals surface area contributed by atoms with Gasteiger partial charge in [0.2, 0.25) is 5.91 Å². The van der Waals surface area contributed by atoms with E-state index in [1.807, 2.05) is 0 Å². The average Bonchev–Trinajstić information content (AvgIpc) is 2.74. The Morgan fingerprint density at radius 1 is 1.14 bits per heavy atom. The molecule has 5 heteroatoms. The van der Waals surface area contributed by atoms with Crippen LogP contribution in [0.5, 0.6) is 0 Å². The van der Waals surface area contributed by atoms with Gasteiger partial charge in [0.25, 0.3) is 11.7 Å². The van der Waals surface area contributed by atoms with Crippen LogP contribution in [0.1, 0.15) is 42.5 Å². The molecule has 1 N–H and O–H groups in total. The maximum Gasteiger partial charge on any atom is 0.299 e. The summed E-state index contributed by atoms with van der Waals surface area (Å²) in [6, 6.07) is 7.00. The number of nitrogens with one attached hydrogen (secondary N) is 1. The topological polar surface area (TPSA) is 66.5 Å². The molecule has 1 aliphatic carbocycles. The molecular formula is C16H18N2O3. The van der Waals surface area contributed by atoms with E-state index in [0.717, 1.165) is 25.7 Å². The van der Waals surface area contributed by atoms with Gasteiger partial charge in [-0.05, 0) is 25.0 Å². The van der Waals surface area contributed by atoms with E-state index in [2.05, 4.69) is 5.32 Å². The quantitative estimate of drug-likeness (QED) is 0.859. The van der Waals surface area contributed by atoms with E-state index < -0.39 is 11.7 Å². The lowest BCUT2D eigenvalue weighted by Crippen LogP contribution is -2.44. The van der Waals surface area contributed by atoms with E-state index >= 15 is 0 Å². The second kappa shape index (κ2) is 5.68. The van der Waals surface area contributed by atoms with Gasteiger partial charge in [-0.3, -0.25) is 19.3 Å². The van der Waals surface area contributed by atoms with E-state index in [1.165, 1.54) is 11.3 Å². The van der Waals surface area contributed by atoms with Crippen molar-refractivity contribution in [1.29, 1.82) is 0 Å². The molecular weight excluding hydrogens is 268 g/mol. The summed E-state index contributed by atoms with van der Waals surface area (Å²) in [5.74, 6) is -1.34. The number of amides is 2. The van der Waals surface area contributed by atoms with Crippen LogP contribution in [0.2, 0.25) is 0 Å². The summed E-state index contributed by atoms with van der Waals surface area (Å²) in [6.45, 7) is -0.0852. The van der Waals surface area contributed by atoms with Crippen molar-refractivity contribution >= 4 is 23.3 Å². The lowest BCUT2D eigenvalue weighted by Gasteiger charge is -2.24. The number of carbonyl (C=O) groups excluding carboxylic acids is 3. The number of carbonyl (C=O) groups is 3. The molecule has 2 aliphatic rings. The van der Waals surface area contributed by atoms with Gasteiger partial charge in [-0.2, -0.15) is 0 Å². The van der Waals surface area contributed by atoms with Crippen LogP contribution < -0.4 is 10.2 Å². The molecule has 1 heterocycles. The van der Waals surface area contributed by atoms with Gasteiger partial charge in [0.15, 0.2) is 0 Å². The minimum absolute atomic E-state index is 0.0852. The Kier molecular flexibility index (Phi) is 3.73. The first-order valence-electron chi connectivity index (χ1n) is 7.41. The Morgan fingerprint density at radius 3 is 2.62 bits per heavy atom. The highest BCUT2D eigenvalue weighted by Crippen LogP contribution is 2.28. The molecule has 0 unspecified atom stereocenters. The zero-order valence-corrected chi connectivity index (χ0v) is 11.8. The van der Waals surface area contributed by atoms with Crippen LogP contribution in [0.25, 0.3) is 0 Å². The fraction of sp³-hybridized carbons (Fsp3) is 0.438. The number of rotatable bonds is 3. The summed E-state index contributed by atoms with van der Waals surface area (Å²) in [5, 5.41) is 2.97. The van der Waals surface area contributed by atoms with Gasteiger partial charge in [-0.25, -0.2) is 0 Å². The third-order valence-electron chi connectivity index (χ3n) is 4.15. The third-order valence-corrected chi connectivity index (χ3v) is 4.15. The molecule has 0 atom stereocenters. The molecule has 110 valence electrons. The molecule has 0 saturated heterocycles. The highest BCUT2D eigenvalue weighted by molar-refractivity contribution is 6.52. The number of nitrogens with zero attached hydrogens (tertiary/aromatic N) is 1. The zero-order valence-electron chi connectivity index (χ0n) is 11.8. The van der Waals surface area contributed by atoms with Gasteiger partial charge in [-0.1, -0.05) is 31.4 Å². The first-order chi connectivity index (χ1) is 10.2. The number of fused-ring (bicyclic) bond motifs is 1. The molecule has 0 spiro atoms. The molecule has 0 radical (unpaired) electrons. The van der Waals surface area contributed by atoms with Crippen molar-refractivity contribution in [2.45, 2.75) is 38.1 Å². The number of hydrogen-bond acceptors (Lipinski definition) is 3. The highest BCUT2D eigenvalue weighted by Gasteiger charge is 2.36. The standard InChI is InChI=1S/C16H18N2O3/c19-14(17-11-6-2-1-3-7-11)10-18-13-9-5-4-8-12(13)15(20)16(18)21/h4-5,8-9,11H,1-3,6-7,10H2,(H,17,19). The number of para-hydroxylation sites is 1. The molecule has 1 aliphatic heterocycles. The van der Waals surface area contributed by atoms with Crippen molar-refractivity contribution in [2.75, 3.05) is 11.4 Å². The summed E-state index contributed by atoms with van der Waals surface area (Å²) in [4.78, 5) is 37.2. The Bertz CT molecular complexity index is 591. The van der Waals surface area contributed by atoms with Crippen molar-refractivity contribution in [3.8, 4) is 0 Å². The molecule has 3 rings (SSSR count). The predicted octanol–water partition coefficient (Wildman–Crippen LogP) is 1.66. The van der Waals surface area contributed by atoms with Crippen molar-refractivity contribution in [2.24, 2.45) is 0 Å². The predicted molar refractivity (Wildman–Crippen MR) is 78.1 cm³/mol. The summed E-state index contributed by atoms with van der Waals surface area (Å²) in [7, 11) is 0. The smallest absolute Gasteiger partial charge is 0.299 e. The van der Waals surface area contributed by atoms with Crippen LogP contribution in [-0.4, -0.2) is 30.2 Å². The molecule has 0 bridgehead atoms. The second-order valence-corrected chi connectivity index (χ2v) is 5.64. The fourth-order valence-electron chi connectivity index (χ4n) is 3.07. The number of ketones is 1. The maximum absolute atomic E-state index is 12.1. The molecule has 5 nitrogen and oxygen atoms in total. The number of benzene rings is 1. The number of Topliss-reactive ketones (excluding diaryl/α,β-unsaturated/α-hetero) is 1. The molecule has 21 heavy (non-hydrogen) atoms. The molecule has 1 fully saturated rings. The minimum Gasteiger partial charge on any atom is -0.352 e. The molecule has 1 aromatic rings. The van der Waals surface area contributed by atoms with Gasteiger partial charge < -0.3 is 5.32 Å². The van der Waals surface area contributed by atoms with Crippen molar-refractivity contribution in [3.05, 3.63) is 29.8 Å². The number of anilines is 1. The Morgan fingerprint density at radius 2 is 1.86 bits per heavy atom. The Labute approximate surface area is 123 Å². The average molecular weight is 286 g/mol. The van der Waals surface area contributed by atoms with E-state index in [1.54, 1.807) is 24.3 Å². The minimum atomic E-state index is -0.616. The van der Waals surface area contributed by atoms with Crippen LogP contribution in [0.4, 0.5) is 5.69 Å². The van der Waals surface area contributed by atoms with Crippen molar-refractivity contribution in [3.63, 3.8) is 0 Å². The highest BCUT2D eigenvalue weighted by atomic mass is 16.2. The first-order valence-corrected chi connectivity index (χ1v) is 7.41. The number of hydrogen-bond donors (Lipinski definition) is 1. The molecule has 2 amide bonds. The SMILES string of the molecule is O=C(CN1C(=O)C(=O)c2ccccc21)NC1CCCCC1. The van der Waals surface area contributed by atoms with Gasteiger partial charge >= 0.3 is 0 Å². The summed E-state index contributed by atoms with van der Waals surface area (Å²) in [6.07, 6.45) is 5.48. The lowest BCUT2D eigenvalue weighted by molar-refractivity contribution is -0.122. The van der Waals surface area contributed by atoms with Crippen LogP contribution in [-0.2, 0) is 9.59 Å². The fourth-order valence-corrected chi connectivity index (χ4v) is 3.07. The maximum atomic E-state index is 12.1. The van der Waals surface area contributed by atoms with Crippen LogP contribution in [0.15, 0.2) is 24.3 Å². The summed E-state index contributed by atoms with van der Waals surface area (Å²) < 4.78 is 0. The summed E-state index contributed by atoms with van der Waals surface area (Å²) >= 11 is 0. The van der Waals surface area contributed by atoms with E-state index in [0.29, 0.717) is 11.3 Å². The monoisotopic (exact) mass is 286 g/mol. The van der Waals surface area contributed by atoms with Gasteiger partial charge in [-0.15, -0.1) is 0 Å². The van der Waals surface area contributed by atoms with Crippen molar-refractivity contribution < 1.29 is 14.4 Å². The normalized spacial score (nSPS) is 18.8. The largest absolute Gasteiger partial charge is 0.352 e. The van der Waals surface area contributed by atoms with E-state index in [9.17, 15) is 14.4 Å². The van der Waals surface area contributed by atoms with Gasteiger partial charge in [0, 0.05) is 6.04 Å². The van der Waals surface area contributed by atoms with Crippen molar-refractivity contribution in [1.82, 2.24) is 5.32 Å². The van der Waals surface area contributed by atoms with Crippen LogP contribution in [0, 0.1) is 0 Å². The van der Waals surface area contributed by atoms with Crippen LogP contribution >= 0.6 is 0 Å². The van der Waals surface area contributed by atoms with E-state index in [-0.39, 0.29) is 18.5 Å². The summed E-state index contributed by atoms with van der Waals surface area (Å²) in [5.41, 5.74) is 0.916.